The number of rotatable bonds is 7. The van der Waals surface area contributed by atoms with Gasteiger partial charge in [0.15, 0.2) is 0 Å². The van der Waals surface area contributed by atoms with E-state index in [-0.39, 0.29) is 29.1 Å². The van der Waals surface area contributed by atoms with Crippen LogP contribution in [-0.2, 0) is 27.8 Å². The lowest BCUT2D eigenvalue weighted by Gasteiger charge is -2.22. The first-order chi connectivity index (χ1) is 16.3. The SMILES string of the molecule is COC(=O)c1ccc(S(=O)(=O)N(Cc2ccccc2)Cc2cc3ccc(C)cc3[nH]c2=O)cc1. The summed E-state index contributed by atoms with van der Waals surface area (Å²) in [5.41, 5.74) is 2.74. The minimum absolute atomic E-state index is 0.0175. The molecule has 0 radical (unpaired) electrons. The molecule has 0 aliphatic carbocycles. The Kier molecular flexibility index (Phi) is 6.63. The molecule has 0 saturated carbocycles. The summed E-state index contributed by atoms with van der Waals surface area (Å²) in [6.07, 6.45) is 0. The molecule has 0 spiro atoms. The number of pyridine rings is 1. The Morgan fingerprint density at radius 1 is 0.941 bits per heavy atom. The number of benzene rings is 3. The maximum atomic E-state index is 13.6. The van der Waals surface area contributed by atoms with Crippen LogP contribution in [-0.4, -0.2) is 30.8 Å². The molecule has 34 heavy (non-hydrogen) atoms. The number of H-pyrrole nitrogens is 1. The van der Waals surface area contributed by atoms with Crippen molar-refractivity contribution in [2.45, 2.75) is 24.9 Å². The first-order valence-corrected chi connectivity index (χ1v) is 12.1. The van der Waals surface area contributed by atoms with E-state index in [2.05, 4.69) is 9.72 Å². The molecule has 0 bridgehead atoms. The van der Waals surface area contributed by atoms with Gasteiger partial charge >= 0.3 is 5.97 Å². The second-order valence-electron chi connectivity index (χ2n) is 7.99. The van der Waals surface area contributed by atoms with Gasteiger partial charge in [-0.3, -0.25) is 4.79 Å². The molecule has 0 fully saturated rings. The van der Waals surface area contributed by atoms with Crippen LogP contribution in [0.4, 0.5) is 0 Å². The highest BCUT2D eigenvalue weighted by Crippen LogP contribution is 2.22. The number of esters is 1. The zero-order valence-corrected chi connectivity index (χ0v) is 19.6. The number of hydrogen-bond acceptors (Lipinski definition) is 5. The zero-order chi connectivity index (χ0) is 24.3. The van der Waals surface area contributed by atoms with E-state index in [1.807, 2.05) is 55.5 Å². The number of sulfonamides is 1. The van der Waals surface area contributed by atoms with Crippen LogP contribution >= 0.6 is 0 Å². The van der Waals surface area contributed by atoms with E-state index in [1.54, 1.807) is 6.07 Å². The molecular formula is C26H24N2O5S. The minimum Gasteiger partial charge on any atom is -0.465 e. The van der Waals surface area contributed by atoms with E-state index in [1.165, 1.54) is 35.7 Å². The molecule has 1 heterocycles. The first-order valence-electron chi connectivity index (χ1n) is 10.6. The monoisotopic (exact) mass is 476 g/mol. The van der Waals surface area contributed by atoms with Crippen LogP contribution in [0.1, 0.15) is 27.0 Å². The largest absolute Gasteiger partial charge is 0.465 e. The van der Waals surface area contributed by atoms with Crippen LogP contribution in [0.25, 0.3) is 10.9 Å². The average molecular weight is 477 g/mol. The fraction of sp³-hybridized carbons (Fsp3) is 0.154. The molecule has 8 heteroatoms. The Balaban J connectivity index is 1.74. The predicted molar refractivity (Wildman–Crippen MR) is 130 cm³/mol. The molecule has 1 aromatic heterocycles. The number of hydrogen-bond donors (Lipinski definition) is 1. The maximum Gasteiger partial charge on any atom is 0.337 e. The van der Waals surface area contributed by atoms with Crippen LogP contribution < -0.4 is 5.56 Å². The van der Waals surface area contributed by atoms with E-state index in [9.17, 15) is 18.0 Å². The number of methoxy groups -OCH3 is 1. The number of nitrogens with one attached hydrogen (secondary N) is 1. The van der Waals surface area contributed by atoms with Gasteiger partial charge in [0.1, 0.15) is 0 Å². The number of aromatic nitrogens is 1. The Bertz CT molecular complexity index is 1490. The van der Waals surface area contributed by atoms with E-state index < -0.39 is 16.0 Å². The molecule has 0 saturated heterocycles. The first kappa shape index (κ1) is 23.4. The number of aromatic amines is 1. The maximum absolute atomic E-state index is 13.6. The van der Waals surface area contributed by atoms with Gasteiger partial charge in [0, 0.05) is 24.2 Å². The van der Waals surface area contributed by atoms with Gasteiger partial charge in [-0.25, -0.2) is 13.2 Å². The molecule has 3 aromatic carbocycles. The van der Waals surface area contributed by atoms with Gasteiger partial charge in [-0.1, -0.05) is 42.5 Å². The summed E-state index contributed by atoms with van der Waals surface area (Å²) in [5, 5.41) is 0.819. The summed E-state index contributed by atoms with van der Waals surface area (Å²) >= 11 is 0. The summed E-state index contributed by atoms with van der Waals surface area (Å²) in [7, 11) is -2.73. The molecule has 0 amide bonds. The highest BCUT2D eigenvalue weighted by molar-refractivity contribution is 7.89. The van der Waals surface area contributed by atoms with Gasteiger partial charge in [-0.2, -0.15) is 4.31 Å². The smallest absolute Gasteiger partial charge is 0.337 e. The van der Waals surface area contributed by atoms with E-state index in [4.69, 9.17) is 0 Å². The zero-order valence-electron chi connectivity index (χ0n) is 18.8. The Morgan fingerprint density at radius 3 is 2.32 bits per heavy atom. The molecule has 174 valence electrons. The fourth-order valence-electron chi connectivity index (χ4n) is 3.71. The van der Waals surface area contributed by atoms with E-state index in [0.717, 1.165) is 16.5 Å². The van der Waals surface area contributed by atoms with Crippen molar-refractivity contribution in [1.82, 2.24) is 9.29 Å². The van der Waals surface area contributed by atoms with Gasteiger partial charge in [-0.05, 0) is 59.8 Å². The van der Waals surface area contributed by atoms with Crippen LogP contribution in [0.2, 0.25) is 0 Å². The van der Waals surface area contributed by atoms with Gasteiger partial charge in [-0.15, -0.1) is 0 Å². The number of carbonyl (C=O) groups is 1. The van der Waals surface area contributed by atoms with Crippen molar-refractivity contribution in [3.63, 3.8) is 0 Å². The number of nitrogens with zero attached hydrogens (tertiary/aromatic N) is 1. The summed E-state index contributed by atoms with van der Waals surface area (Å²) in [6.45, 7) is 1.90. The van der Waals surface area contributed by atoms with Crippen molar-refractivity contribution >= 4 is 26.9 Å². The number of aryl methyl sites for hydroxylation is 1. The third-order valence-electron chi connectivity index (χ3n) is 5.54. The third kappa shape index (κ3) is 4.93. The van der Waals surface area contributed by atoms with Crippen molar-refractivity contribution in [1.29, 1.82) is 0 Å². The average Bonchev–Trinajstić information content (AvgIpc) is 2.84. The van der Waals surface area contributed by atoms with Crippen molar-refractivity contribution in [2.75, 3.05) is 7.11 Å². The molecule has 0 atom stereocenters. The van der Waals surface area contributed by atoms with Crippen molar-refractivity contribution < 1.29 is 17.9 Å². The molecule has 4 aromatic rings. The van der Waals surface area contributed by atoms with Gasteiger partial charge in [0.05, 0.1) is 17.6 Å². The summed E-state index contributed by atoms with van der Waals surface area (Å²) in [6, 6.07) is 22.2. The minimum atomic E-state index is -3.99. The molecule has 4 rings (SSSR count). The van der Waals surface area contributed by atoms with Crippen LogP contribution in [0.15, 0.2) is 88.6 Å². The summed E-state index contributed by atoms with van der Waals surface area (Å²) in [4.78, 5) is 27.4. The van der Waals surface area contributed by atoms with Crippen LogP contribution in [0.3, 0.4) is 0 Å². The standard InChI is InChI=1S/C26H24N2O5S/c1-18-8-9-21-15-22(25(29)27-24(21)14-18)17-28(16-19-6-4-3-5-7-19)34(31,32)23-12-10-20(11-13-23)26(30)33-2/h3-15H,16-17H2,1-2H3,(H,27,29). The molecular weight excluding hydrogens is 452 g/mol. The molecule has 0 aliphatic heterocycles. The summed E-state index contributed by atoms with van der Waals surface area (Å²) in [5.74, 6) is -0.553. The van der Waals surface area contributed by atoms with Crippen molar-refractivity contribution in [2.24, 2.45) is 0 Å². The lowest BCUT2D eigenvalue weighted by atomic mass is 10.1. The van der Waals surface area contributed by atoms with E-state index >= 15 is 0 Å². The quantitative estimate of drug-likeness (QED) is 0.407. The van der Waals surface area contributed by atoms with Gasteiger partial charge < -0.3 is 9.72 Å². The van der Waals surface area contributed by atoms with E-state index in [0.29, 0.717) is 11.1 Å². The third-order valence-corrected chi connectivity index (χ3v) is 7.35. The van der Waals surface area contributed by atoms with Crippen molar-refractivity contribution in [3.05, 3.63) is 111 Å². The Labute approximate surface area is 197 Å². The second kappa shape index (κ2) is 9.62. The van der Waals surface area contributed by atoms with Crippen molar-refractivity contribution in [3.8, 4) is 0 Å². The number of fused-ring (bicyclic) bond motifs is 1. The number of carbonyl (C=O) groups excluding carboxylic acids is 1. The van der Waals surface area contributed by atoms with Gasteiger partial charge in [0.25, 0.3) is 5.56 Å². The Morgan fingerprint density at radius 2 is 1.65 bits per heavy atom. The lowest BCUT2D eigenvalue weighted by Crippen LogP contribution is -2.32. The Hall–Kier alpha value is -3.75. The normalized spacial score (nSPS) is 11.6. The second-order valence-corrected chi connectivity index (χ2v) is 9.93. The fourth-order valence-corrected chi connectivity index (χ4v) is 5.12. The number of ether oxygens (including phenoxy) is 1. The molecule has 0 unspecified atom stereocenters. The topological polar surface area (TPSA) is 96.5 Å². The highest BCUT2D eigenvalue weighted by Gasteiger charge is 2.26. The summed E-state index contributed by atoms with van der Waals surface area (Å²) < 4.78 is 33.2. The highest BCUT2D eigenvalue weighted by atomic mass is 32.2. The molecule has 7 nitrogen and oxygen atoms in total. The van der Waals surface area contributed by atoms with Gasteiger partial charge in [0.2, 0.25) is 10.0 Å². The van der Waals surface area contributed by atoms with Crippen LogP contribution in [0, 0.1) is 6.92 Å². The lowest BCUT2D eigenvalue weighted by molar-refractivity contribution is 0.0600. The predicted octanol–water partition coefficient (Wildman–Crippen LogP) is 4.01. The van der Waals surface area contributed by atoms with Crippen LogP contribution in [0.5, 0.6) is 0 Å². The molecule has 1 N–H and O–H groups in total. The molecule has 0 aliphatic rings.